The Morgan fingerprint density at radius 3 is 2.27 bits per heavy atom. The number of rotatable bonds is 5. The second-order valence-electron chi connectivity index (χ2n) is 9.52. The van der Waals surface area contributed by atoms with Crippen LogP contribution in [0.3, 0.4) is 0 Å². The smallest absolute Gasteiger partial charge is 0.342 e. The molecule has 0 saturated carbocycles. The molecule has 0 amide bonds. The highest BCUT2D eigenvalue weighted by Crippen LogP contribution is 2.71. The maximum Gasteiger partial charge on any atom is 0.342 e. The summed E-state index contributed by atoms with van der Waals surface area (Å²) in [5, 5.41) is 0. The van der Waals surface area contributed by atoms with E-state index in [1.54, 1.807) is 0 Å². The van der Waals surface area contributed by atoms with E-state index in [2.05, 4.69) is 6.08 Å². The third kappa shape index (κ3) is 4.34. The van der Waals surface area contributed by atoms with E-state index in [-0.39, 0.29) is 5.41 Å². The summed E-state index contributed by atoms with van der Waals surface area (Å²) in [4.78, 5) is 25.8. The van der Waals surface area contributed by atoms with E-state index in [4.69, 9.17) is 18.5 Å². The molecule has 33 heavy (non-hydrogen) atoms. The molecule has 8 heteroatoms. The van der Waals surface area contributed by atoms with E-state index in [1.165, 1.54) is 14.2 Å². The van der Waals surface area contributed by atoms with Gasteiger partial charge >= 0.3 is 19.5 Å². The fraction of sp³-hybridized carbons (Fsp3) is 0.520. The van der Waals surface area contributed by atoms with Gasteiger partial charge in [-0.3, -0.25) is 14.2 Å². The van der Waals surface area contributed by atoms with Crippen molar-refractivity contribution in [1.82, 2.24) is 0 Å². The van der Waals surface area contributed by atoms with Crippen LogP contribution in [-0.4, -0.2) is 39.4 Å². The van der Waals surface area contributed by atoms with Crippen LogP contribution in [0.5, 0.6) is 0 Å². The van der Waals surface area contributed by atoms with Gasteiger partial charge in [0.25, 0.3) is 0 Å². The van der Waals surface area contributed by atoms with E-state index in [0.717, 1.165) is 36.8 Å². The van der Waals surface area contributed by atoms with Gasteiger partial charge in [0.2, 0.25) is 0 Å². The maximum absolute atomic E-state index is 14.2. The molecule has 7 nitrogen and oxygen atoms in total. The van der Waals surface area contributed by atoms with Crippen molar-refractivity contribution in [1.29, 1.82) is 0 Å². The van der Waals surface area contributed by atoms with Crippen molar-refractivity contribution in [3.8, 4) is 0 Å². The minimum absolute atomic E-state index is 0.261. The molecule has 1 heterocycles. The first-order valence-corrected chi connectivity index (χ1v) is 12.9. The molecule has 0 aromatic heterocycles. The molecule has 1 aliphatic heterocycles. The van der Waals surface area contributed by atoms with Crippen LogP contribution in [0.15, 0.2) is 41.5 Å². The Labute approximate surface area is 194 Å². The molecule has 2 aliphatic carbocycles. The van der Waals surface area contributed by atoms with E-state index in [9.17, 15) is 14.2 Å². The largest absolute Gasteiger partial charge is 0.468 e. The highest BCUT2D eigenvalue weighted by Gasteiger charge is 2.52. The zero-order chi connectivity index (χ0) is 23.8. The molecular formula is C25H31O7P. The van der Waals surface area contributed by atoms with Crippen LogP contribution >= 0.6 is 7.60 Å². The van der Waals surface area contributed by atoms with Crippen LogP contribution in [0.4, 0.5) is 0 Å². The molecule has 1 atom stereocenters. The zero-order valence-electron chi connectivity index (χ0n) is 19.6. The highest BCUT2D eigenvalue weighted by atomic mass is 31.2. The van der Waals surface area contributed by atoms with E-state index in [0.29, 0.717) is 29.9 Å². The number of hydrogen-bond donors (Lipinski definition) is 0. The maximum atomic E-state index is 14.2. The number of allylic oxidation sites excluding steroid dienone is 3. The lowest BCUT2D eigenvalue weighted by Gasteiger charge is -2.38. The molecule has 3 aliphatic rings. The minimum Gasteiger partial charge on any atom is -0.468 e. The van der Waals surface area contributed by atoms with Gasteiger partial charge in [0.15, 0.2) is 5.92 Å². The summed E-state index contributed by atoms with van der Waals surface area (Å²) in [5.41, 5.74) is 2.56. The van der Waals surface area contributed by atoms with Crippen LogP contribution in [-0.2, 0) is 32.7 Å². The Bertz CT molecular complexity index is 1040. The Morgan fingerprint density at radius 2 is 1.70 bits per heavy atom. The van der Waals surface area contributed by atoms with Crippen molar-refractivity contribution < 1.29 is 32.7 Å². The number of ether oxygens (including phenoxy) is 2. The lowest BCUT2D eigenvalue weighted by atomic mass is 9.86. The summed E-state index contributed by atoms with van der Waals surface area (Å²) in [6, 6.07) is 7.40. The number of benzene rings is 1. The summed E-state index contributed by atoms with van der Waals surface area (Å²) in [5.74, 6) is -2.73. The second kappa shape index (κ2) is 9.21. The summed E-state index contributed by atoms with van der Waals surface area (Å²) in [6.45, 7) is 4.58. The van der Waals surface area contributed by atoms with Crippen molar-refractivity contribution in [3.05, 3.63) is 52.6 Å². The molecular weight excluding hydrogens is 443 g/mol. The minimum atomic E-state index is -3.65. The summed E-state index contributed by atoms with van der Waals surface area (Å²) in [6.07, 6.45) is 5.76. The van der Waals surface area contributed by atoms with Crippen molar-refractivity contribution in [2.45, 2.75) is 45.2 Å². The number of carbonyl (C=O) groups is 2. The fourth-order valence-corrected chi connectivity index (χ4v) is 7.44. The number of fused-ring (bicyclic) bond motifs is 1. The normalized spacial score (nSPS) is 23.7. The van der Waals surface area contributed by atoms with Gasteiger partial charge in [-0.15, -0.1) is 0 Å². The fourth-order valence-electron chi connectivity index (χ4n) is 4.82. The van der Waals surface area contributed by atoms with E-state index < -0.39 is 31.1 Å². The van der Waals surface area contributed by atoms with E-state index >= 15 is 0 Å². The predicted molar refractivity (Wildman–Crippen MR) is 123 cm³/mol. The topological polar surface area (TPSA) is 88.1 Å². The van der Waals surface area contributed by atoms with Crippen LogP contribution in [0.25, 0.3) is 5.57 Å². The highest BCUT2D eigenvalue weighted by molar-refractivity contribution is 7.54. The molecule has 0 spiro atoms. The van der Waals surface area contributed by atoms with Gasteiger partial charge in [-0.05, 0) is 53.5 Å². The number of hydrogen-bond acceptors (Lipinski definition) is 7. The molecule has 178 valence electrons. The summed E-state index contributed by atoms with van der Waals surface area (Å²) in [7, 11) is -1.16. The lowest BCUT2D eigenvalue weighted by Crippen LogP contribution is -2.31. The number of carbonyl (C=O) groups excluding carboxylic acids is 2. The third-order valence-corrected chi connectivity index (χ3v) is 8.64. The molecule has 0 N–H and O–H groups in total. The van der Waals surface area contributed by atoms with Crippen LogP contribution in [0, 0.1) is 11.3 Å². The number of methoxy groups -OCH3 is 2. The molecule has 1 unspecified atom stereocenters. The Kier molecular flexibility index (Phi) is 6.68. The predicted octanol–water partition coefficient (Wildman–Crippen LogP) is 5.22. The van der Waals surface area contributed by atoms with Gasteiger partial charge in [-0.2, -0.15) is 0 Å². The summed E-state index contributed by atoms with van der Waals surface area (Å²) < 4.78 is 36.2. The Balaban J connectivity index is 1.97. The van der Waals surface area contributed by atoms with Gasteiger partial charge in [0, 0.05) is 5.41 Å². The monoisotopic (exact) mass is 474 g/mol. The van der Waals surface area contributed by atoms with Crippen LogP contribution < -0.4 is 0 Å². The van der Waals surface area contributed by atoms with E-state index in [1.807, 2.05) is 38.1 Å². The van der Waals surface area contributed by atoms with Crippen molar-refractivity contribution in [3.63, 3.8) is 0 Å². The lowest BCUT2D eigenvalue weighted by molar-refractivity contribution is -0.155. The first-order valence-electron chi connectivity index (χ1n) is 11.3. The molecule has 1 fully saturated rings. The molecule has 4 rings (SSSR count). The Morgan fingerprint density at radius 1 is 1.06 bits per heavy atom. The van der Waals surface area contributed by atoms with Crippen molar-refractivity contribution in [2.24, 2.45) is 11.3 Å². The zero-order valence-corrected chi connectivity index (χ0v) is 20.5. The van der Waals surface area contributed by atoms with Crippen molar-refractivity contribution >= 4 is 25.1 Å². The molecule has 0 radical (unpaired) electrons. The summed E-state index contributed by atoms with van der Waals surface area (Å²) >= 11 is 0. The third-order valence-electron chi connectivity index (χ3n) is 6.50. The van der Waals surface area contributed by atoms with Gasteiger partial charge in [0.05, 0.1) is 27.4 Å². The van der Waals surface area contributed by atoms with Crippen LogP contribution in [0.2, 0.25) is 0 Å². The first kappa shape index (κ1) is 23.9. The Hall–Kier alpha value is -2.21. The quantitative estimate of drug-likeness (QED) is 0.328. The molecule has 1 aromatic carbocycles. The standard InChI is InChI=1S/C25H31O7P/c1-25(2)14-31-33(28,32-15-25)22-18-13-9-8-12-17(18)20(19(22)16-10-6-5-7-11-16)21(23(26)29-3)24(27)30-4/h8-10,12-13,21-22H,5-7,11,14-15H2,1-4H3. The second-order valence-corrected chi connectivity index (χ2v) is 11.6. The SMILES string of the molecule is COC(=O)C(C(=O)OC)C1=C(C2=CCCCC2)C(P2(=O)OCC(C)(C)CO2)c2ccccc21. The van der Waals surface area contributed by atoms with Gasteiger partial charge < -0.3 is 18.5 Å². The van der Waals surface area contributed by atoms with Crippen molar-refractivity contribution in [2.75, 3.05) is 27.4 Å². The van der Waals surface area contributed by atoms with Gasteiger partial charge in [-0.1, -0.05) is 44.2 Å². The molecule has 0 bridgehead atoms. The van der Waals surface area contributed by atoms with Crippen LogP contribution in [0.1, 0.15) is 56.3 Å². The van der Waals surface area contributed by atoms with Gasteiger partial charge in [-0.25, -0.2) is 0 Å². The first-order chi connectivity index (χ1) is 15.7. The average molecular weight is 474 g/mol. The molecule has 1 saturated heterocycles. The average Bonchev–Trinajstić information content (AvgIpc) is 3.17. The van der Waals surface area contributed by atoms with Gasteiger partial charge in [0.1, 0.15) is 5.66 Å². The number of esters is 2. The molecule has 1 aromatic rings.